The quantitative estimate of drug-likeness (QED) is 0.182. The molecule has 9 aromatic rings. The van der Waals surface area contributed by atoms with Crippen LogP contribution in [0.1, 0.15) is 0 Å². The third kappa shape index (κ3) is 5.74. The van der Waals surface area contributed by atoms with Crippen LogP contribution in [-0.4, -0.2) is 88.0 Å². The molecule has 12 heteroatoms. The van der Waals surface area contributed by atoms with Crippen LogP contribution < -0.4 is 54.6 Å². The first kappa shape index (κ1) is 37.0. The molecule has 0 bridgehead atoms. The summed E-state index contributed by atoms with van der Waals surface area (Å²) in [4.78, 5) is 5.01. The normalized spacial score (nSPS) is 11.5. The third-order valence-corrected chi connectivity index (χ3v) is 10.9. The van der Waals surface area contributed by atoms with Gasteiger partial charge in [-0.05, 0) is 85.3 Å². The van der Waals surface area contributed by atoms with E-state index in [4.69, 9.17) is 83.4 Å². The van der Waals surface area contributed by atoms with Gasteiger partial charge < -0.3 is 0 Å². The SMILES string of the molecule is [B]c1c([B])c([B])c(-c2cccc(-c3c4ccccc4c(-c4cccc(-n5c(-c6c([B])c([B])c([B])c([B])c6[B])nc6ccccc65)c4)c4ccccc34)c2)c([B])c1[B]. The molecule has 0 aliphatic rings. The van der Waals surface area contributed by atoms with Gasteiger partial charge in [-0.15, -0.1) is 32.8 Å². The van der Waals surface area contributed by atoms with E-state index >= 15 is 0 Å². The lowest BCUT2D eigenvalue weighted by Gasteiger charge is -2.22. The maximum Gasteiger partial charge on any atom is 0.144 e. The lowest BCUT2D eigenvalue weighted by Crippen LogP contribution is -2.55. The maximum atomic E-state index is 6.62. The number of hydrogen-bond donors (Lipinski definition) is 0. The molecule has 0 spiro atoms. The molecule has 0 atom stereocenters. The highest BCUT2D eigenvalue weighted by Crippen LogP contribution is 2.44. The topological polar surface area (TPSA) is 17.8 Å². The number of imidazole rings is 1. The van der Waals surface area contributed by atoms with Crippen molar-refractivity contribution in [2.24, 2.45) is 0 Å². The first-order valence-corrected chi connectivity index (χ1v) is 18.1. The highest BCUT2D eigenvalue weighted by atomic mass is 15.1. The largest absolute Gasteiger partial charge is 0.292 e. The Labute approximate surface area is 345 Å². The molecule has 0 aliphatic heterocycles. The Hall–Kier alpha value is -5.60. The molecule has 0 saturated heterocycles. The first-order valence-electron chi connectivity index (χ1n) is 18.1. The molecular formula is C45H20B10N2. The second-order valence-electron chi connectivity index (χ2n) is 14.1. The lowest BCUT2D eigenvalue weighted by molar-refractivity contribution is 1.11. The number of benzene rings is 8. The Morgan fingerprint density at radius 3 is 1.23 bits per heavy atom. The van der Waals surface area contributed by atoms with Gasteiger partial charge in [-0.25, -0.2) is 4.98 Å². The van der Waals surface area contributed by atoms with Gasteiger partial charge in [-0.3, -0.25) is 4.57 Å². The molecule has 0 amide bonds. The van der Waals surface area contributed by atoms with Crippen LogP contribution in [0.2, 0.25) is 0 Å². The summed E-state index contributed by atoms with van der Waals surface area (Å²) in [5.41, 5.74) is 10.2. The van der Waals surface area contributed by atoms with Crippen molar-refractivity contribution in [2.45, 2.75) is 0 Å². The minimum atomic E-state index is 0.139. The van der Waals surface area contributed by atoms with E-state index in [1.807, 2.05) is 65.2 Å². The molecule has 0 fully saturated rings. The highest BCUT2D eigenvalue weighted by molar-refractivity contribution is 6.70. The fourth-order valence-corrected chi connectivity index (χ4v) is 8.09. The molecule has 240 valence electrons. The standard InChI is InChI=1S/C45H20B10N2/c46-35-33(36(47)40(51)43(54)39(35)50)22-10-7-9-21(19-22)31-25-13-1-3-15-27(25)32(28-16-4-2-14-26(28)31)23-11-8-12-24(20-23)57-30-18-6-5-17-29(30)56-45(57)34-37(48)41(52)44(55)42(53)38(34)49/h1-20H. The van der Waals surface area contributed by atoms with Gasteiger partial charge in [0.2, 0.25) is 0 Å². The molecular weight excluding hydrogens is 677 g/mol. The van der Waals surface area contributed by atoms with Crippen molar-refractivity contribution in [3.63, 3.8) is 0 Å². The summed E-state index contributed by atoms with van der Waals surface area (Å²) < 4.78 is 2.02. The molecule has 20 radical (unpaired) electrons. The van der Waals surface area contributed by atoms with Gasteiger partial charge in [-0.1, -0.05) is 113 Å². The van der Waals surface area contributed by atoms with Crippen LogP contribution >= 0.6 is 0 Å². The molecule has 2 nitrogen and oxygen atoms in total. The van der Waals surface area contributed by atoms with Crippen LogP contribution in [0.5, 0.6) is 0 Å². The maximum absolute atomic E-state index is 6.62. The predicted molar refractivity (Wildman–Crippen MR) is 252 cm³/mol. The van der Waals surface area contributed by atoms with Crippen LogP contribution in [0.4, 0.5) is 0 Å². The number of fused-ring (bicyclic) bond motifs is 3. The predicted octanol–water partition coefficient (Wildman–Crippen LogP) is -0.0621. The summed E-state index contributed by atoms with van der Waals surface area (Å²) in [6, 6.07) is 40.9. The van der Waals surface area contributed by atoms with Crippen LogP contribution in [-0.2, 0) is 0 Å². The van der Waals surface area contributed by atoms with E-state index in [9.17, 15) is 0 Å². The van der Waals surface area contributed by atoms with Crippen LogP contribution in [0.3, 0.4) is 0 Å². The second kappa shape index (κ2) is 14.1. The summed E-state index contributed by atoms with van der Waals surface area (Å²) >= 11 is 0. The summed E-state index contributed by atoms with van der Waals surface area (Å²) in [5, 5.41) is 4.20. The van der Waals surface area contributed by atoms with Crippen molar-refractivity contribution >= 4 is 166 Å². The van der Waals surface area contributed by atoms with Crippen molar-refractivity contribution in [1.29, 1.82) is 0 Å². The average molecular weight is 697 g/mol. The van der Waals surface area contributed by atoms with E-state index < -0.39 is 0 Å². The van der Waals surface area contributed by atoms with Gasteiger partial charge in [0.1, 0.15) is 84.3 Å². The molecule has 0 unspecified atom stereocenters. The molecule has 8 aromatic carbocycles. The molecule has 57 heavy (non-hydrogen) atoms. The zero-order valence-corrected chi connectivity index (χ0v) is 30.7. The van der Waals surface area contributed by atoms with E-state index in [-0.39, 0.29) is 54.6 Å². The zero-order valence-electron chi connectivity index (χ0n) is 30.7. The van der Waals surface area contributed by atoms with E-state index in [1.165, 1.54) is 0 Å². The van der Waals surface area contributed by atoms with Crippen LogP contribution in [0.25, 0.3) is 83.0 Å². The summed E-state index contributed by atoms with van der Waals surface area (Å²) in [6.45, 7) is 0. The Kier molecular flexibility index (Phi) is 9.15. The van der Waals surface area contributed by atoms with Crippen molar-refractivity contribution < 1.29 is 0 Å². The average Bonchev–Trinajstić information content (AvgIpc) is 3.62. The minimum Gasteiger partial charge on any atom is -0.292 e. The fraction of sp³-hybridized carbons (Fsp3) is 0. The van der Waals surface area contributed by atoms with Gasteiger partial charge in [0, 0.05) is 11.3 Å². The summed E-state index contributed by atoms with van der Waals surface area (Å²) in [6.07, 6.45) is 0. The first-order chi connectivity index (χ1) is 27.5. The molecule has 9 rings (SSSR count). The lowest BCUT2D eigenvalue weighted by atomic mass is 9.59. The molecule has 0 aliphatic carbocycles. The van der Waals surface area contributed by atoms with Gasteiger partial charge >= 0.3 is 0 Å². The van der Waals surface area contributed by atoms with Gasteiger partial charge in [0.05, 0.1) is 11.0 Å². The molecule has 0 N–H and O–H groups in total. The second-order valence-corrected chi connectivity index (χ2v) is 14.1. The minimum absolute atomic E-state index is 0.139. The number of hydrogen-bond acceptors (Lipinski definition) is 1. The van der Waals surface area contributed by atoms with Crippen molar-refractivity contribution in [3.8, 4) is 50.5 Å². The Bertz CT molecular complexity index is 3040. The Balaban J connectivity index is 1.29. The van der Waals surface area contributed by atoms with Crippen molar-refractivity contribution in [3.05, 3.63) is 121 Å². The molecule has 1 aromatic heterocycles. The van der Waals surface area contributed by atoms with Crippen molar-refractivity contribution in [2.75, 3.05) is 0 Å². The van der Waals surface area contributed by atoms with Crippen LogP contribution in [0, 0.1) is 0 Å². The van der Waals surface area contributed by atoms with Crippen molar-refractivity contribution in [1.82, 2.24) is 9.55 Å². The summed E-state index contributed by atoms with van der Waals surface area (Å²) in [7, 11) is 63.8. The zero-order chi connectivity index (χ0) is 39.9. The number of aromatic nitrogens is 2. The molecule has 0 saturated carbocycles. The van der Waals surface area contributed by atoms with Crippen LogP contribution in [0.15, 0.2) is 121 Å². The number of para-hydroxylation sites is 2. The summed E-state index contributed by atoms with van der Waals surface area (Å²) in [5.74, 6) is 0.484. The highest BCUT2D eigenvalue weighted by Gasteiger charge is 2.22. The van der Waals surface area contributed by atoms with E-state index in [2.05, 4.69) is 60.7 Å². The number of nitrogens with zero attached hydrogens (tertiary/aromatic N) is 2. The van der Waals surface area contributed by atoms with Gasteiger partial charge in [0.15, 0.2) is 0 Å². The van der Waals surface area contributed by atoms with E-state index in [0.717, 1.165) is 66.1 Å². The van der Waals surface area contributed by atoms with E-state index in [1.54, 1.807) is 0 Å². The number of rotatable bonds is 5. The molecule has 1 heterocycles. The monoisotopic (exact) mass is 698 g/mol. The van der Waals surface area contributed by atoms with Gasteiger partial charge in [-0.2, -0.15) is 0 Å². The van der Waals surface area contributed by atoms with E-state index in [0.29, 0.717) is 17.0 Å². The third-order valence-electron chi connectivity index (χ3n) is 10.9. The Morgan fingerprint density at radius 1 is 0.333 bits per heavy atom. The fourth-order valence-electron chi connectivity index (χ4n) is 8.09. The Morgan fingerprint density at radius 2 is 0.719 bits per heavy atom. The smallest absolute Gasteiger partial charge is 0.144 e. The van der Waals surface area contributed by atoms with Gasteiger partial charge in [0.25, 0.3) is 0 Å².